The van der Waals surface area contributed by atoms with Gasteiger partial charge in [-0.3, -0.25) is 14.7 Å². The van der Waals surface area contributed by atoms with Gasteiger partial charge in [-0.25, -0.2) is 0 Å². The summed E-state index contributed by atoms with van der Waals surface area (Å²) in [5.74, 6) is 1.06. The molecule has 7 heteroatoms. The van der Waals surface area contributed by atoms with E-state index in [2.05, 4.69) is 41.3 Å². The molecule has 0 bridgehead atoms. The fourth-order valence-electron chi connectivity index (χ4n) is 4.56. The maximum Gasteiger partial charge on any atom is 0.219 e. The number of hydrogen-bond donors (Lipinski definition) is 2. The van der Waals surface area contributed by atoms with Crippen molar-refractivity contribution in [2.45, 2.75) is 59.1 Å². The average molecular weight is 382 g/mol. The second-order valence-electron chi connectivity index (χ2n) is 7.66. The van der Waals surface area contributed by atoms with Crippen LogP contribution in [0.1, 0.15) is 47.0 Å². The van der Waals surface area contributed by atoms with Crippen LogP contribution in [-0.4, -0.2) is 86.7 Å². The molecule has 156 valence electrons. The molecule has 0 spiro atoms. The van der Waals surface area contributed by atoms with Gasteiger partial charge in [0.05, 0.1) is 6.10 Å². The summed E-state index contributed by atoms with van der Waals surface area (Å²) in [5, 5.41) is 7.09. The molecule has 1 aliphatic heterocycles. The molecule has 0 aromatic carbocycles. The molecule has 2 N–H and O–H groups in total. The second-order valence-corrected chi connectivity index (χ2v) is 7.66. The van der Waals surface area contributed by atoms with Crippen molar-refractivity contribution >= 4 is 11.9 Å². The van der Waals surface area contributed by atoms with Crippen molar-refractivity contribution in [1.82, 2.24) is 20.4 Å². The van der Waals surface area contributed by atoms with Crippen LogP contribution in [0.15, 0.2) is 4.99 Å². The van der Waals surface area contributed by atoms with E-state index < -0.39 is 0 Å². The highest BCUT2D eigenvalue weighted by atomic mass is 16.5. The quantitative estimate of drug-likeness (QED) is 0.490. The lowest BCUT2D eigenvalue weighted by molar-refractivity contribution is -0.133. The zero-order valence-electron chi connectivity index (χ0n) is 17.9. The van der Waals surface area contributed by atoms with Gasteiger partial charge in [-0.1, -0.05) is 13.8 Å². The van der Waals surface area contributed by atoms with E-state index in [0.717, 1.165) is 71.1 Å². The minimum atomic E-state index is 0.179. The summed E-state index contributed by atoms with van der Waals surface area (Å²) < 4.78 is 5.97. The van der Waals surface area contributed by atoms with Gasteiger partial charge < -0.3 is 20.3 Å². The number of hydrogen-bond acceptors (Lipinski definition) is 4. The van der Waals surface area contributed by atoms with Crippen LogP contribution in [0, 0.1) is 5.41 Å². The monoisotopic (exact) mass is 381 g/mol. The Balaban J connectivity index is 1.75. The van der Waals surface area contributed by atoms with E-state index in [1.54, 1.807) is 6.92 Å². The number of rotatable bonds is 8. The standard InChI is InChI=1S/C20H39N5O2/c1-6-20(7-2)17(15-18(20)27-8-3)23-19(21-5)22-9-10-24-11-13-25(14-12-24)16(4)26/h17-18H,6-15H2,1-5H3,(H2,21,22,23). The smallest absolute Gasteiger partial charge is 0.219 e. The summed E-state index contributed by atoms with van der Waals surface area (Å²) in [6, 6.07) is 0.411. The van der Waals surface area contributed by atoms with Crippen LogP contribution in [0.4, 0.5) is 0 Å². The number of nitrogens with one attached hydrogen (secondary N) is 2. The van der Waals surface area contributed by atoms with Crippen molar-refractivity contribution in [2.75, 3.05) is 52.9 Å². The van der Waals surface area contributed by atoms with Crippen molar-refractivity contribution < 1.29 is 9.53 Å². The highest BCUT2D eigenvalue weighted by Gasteiger charge is 2.53. The molecule has 7 nitrogen and oxygen atoms in total. The number of carbonyl (C=O) groups is 1. The molecule has 1 amide bonds. The summed E-state index contributed by atoms with van der Waals surface area (Å²) in [4.78, 5) is 20.1. The predicted octanol–water partition coefficient (Wildman–Crippen LogP) is 1.30. The first kappa shape index (κ1) is 22.0. The van der Waals surface area contributed by atoms with Gasteiger partial charge >= 0.3 is 0 Å². The van der Waals surface area contributed by atoms with Gasteiger partial charge in [-0.2, -0.15) is 0 Å². The van der Waals surface area contributed by atoms with Crippen LogP contribution in [0.25, 0.3) is 0 Å². The lowest BCUT2D eigenvalue weighted by atomic mass is 9.58. The lowest BCUT2D eigenvalue weighted by Crippen LogP contribution is -2.65. The van der Waals surface area contributed by atoms with Crippen LogP contribution in [0.2, 0.25) is 0 Å². The van der Waals surface area contributed by atoms with Crippen molar-refractivity contribution in [2.24, 2.45) is 10.4 Å². The number of amides is 1. The van der Waals surface area contributed by atoms with Gasteiger partial charge in [-0.05, 0) is 26.2 Å². The minimum Gasteiger partial charge on any atom is -0.378 e. The first-order chi connectivity index (χ1) is 13.0. The predicted molar refractivity (Wildman–Crippen MR) is 110 cm³/mol. The van der Waals surface area contributed by atoms with Gasteiger partial charge in [0, 0.05) is 71.3 Å². The zero-order chi connectivity index (χ0) is 19.9. The molecule has 27 heavy (non-hydrogen) atoms. The topological polar surface area (TPSA) is 69.2 Å². The van der Waals surface area contributed by atoms with Gasteiger partial charge in [0.25, 0.3) is 0 Å². The molecule has 1 saturated heterocycles. The SMILES string of the molecule is CCOC1CC(NC(=NC)NCCN2CCN(C(C)=O)CC2)C1(CC)CC. The van der Waals surface area contributed by atoms with Crippen LogP contribution >= 0.6 is 0 Å². The molecule has 1 heterocycles. The molecule has 2 fully saturated rings. The Labute approximate surface area is 164 Å². The van der Waals surface area contributed by atoms with Crippen LogP contribution in [0.3, 0.4) is 0 Å². The maximum atomic E-state index is 11.4. The minimum absolute atomic E-state index is 0.179. The van der Waals surface area contributed by atoms with Gasteiger partial charge in [0.2, 0.25) is 5.91 Å². The molecule has 0 aromatic rings. The molecule has 1 aliphatic carbocycles. The third-order valence-electron chi connectivity index (χ3n) is 6.54. The van der Waals surface area contributed by atoms with Crippen LogP contribution in [0.5, 0.6) is 0 Å². The van der Waals surface area contributed by atoms with E-state index in [0.29, 0.717) is 12.1 Å². The van der Waals surface area contributed by atoms with E-state index in [4.69, 9.17) is 4.74 Å². The number of nitrogens with zero attached hydrogens (tertiary/aromatic N) is 3. The number of carbonyl (C=O) groups excluding carboxylic acids is 1. The third-order valence-corrected chi connectivity index (χ3v) is 6.54. The molecule has 2 rings (SSSR count). The van der Waals surface area contributed by atoms with E-state index in [1.807, 2.05) is 11.9 Å². The van der Waals surface area contributed by atoms with E-state index in [-0.39, 0.29) is 11.3 Å². The first-order valence-corrected chi connectivity index (χ1v) is 10.6. The van der Waals surface area contributed by atoms with E-state index in [1.165, 1.54) is 0 Å². The lowest BCUT2D eigenvalue weighted by Gasteiger charge is -2.55. The van der Waals surface area contributed by atoms with Gasteiger partial charge in [0.15, 0.2) is 5.96 Å². The largest absolute Gasteiger partial charge is 0.378 e. The maximum absolute atomic E-state index is 11.4. The van der Waals surface area contributed by atoms with Crippen molar-refractivity contribution in [3.63, 3.8) is 0 Å². The molecule has 1 saturated carbocycles. The average Bonchev–Trinajstić information content (AvgIpc) is 2.67. The van der Waals surface area contributed by atoms with Gasteiger partial charge in [-0.15, -0.1) is 0 Å². The fourth-order valence-corrected chi connectivity index (χ4v) is 4.56. The number of guanidine groups is 1. The summed E-state index contributed by atoms with van der Waals surface area (Å²) in [5.41, 5.74) is 0.205. The van der Waals surface area contributed by atoms with Crippen LogP contribution < -0.4 is 10.6 Å². The normalized spacial score (nSPS) is 25.8. The van der Waals surface area contributed by atoms with Crippen molar-refractivity contribution in [1.29, 1.82) is 0 Å². The van der Waals surface area contributed by atoms with Crippen molar-refractivity contribution in [3.05, 3.63) is 0 Å². The second kappa shape index (κ2) is 10.3. The molecular weight excluding hydrogens is 342 g/mol. The Morgan fingerprint density at radius 1 is 1.19 bits per heavy atom. The summed E-state index contributed by atoms with van der Waals surface area (Å²) in [6.45, 7) is 14.4. The molecule has 0 aromatic heterocycles. The Morgan fingerprint density at radius 3 is 2.37 bits per heavy atom. The van der Waals surface area contributed by atoms with E-state index in [9.17, 15) is 4.79 Å². The summed E-state index contributed by atoms with van der Waals surface area (Å²) in [6.07, 6.45) is 3.63. The zero-order valence-corrected chi connectivity index (χ0v) is 17.9. The number of piperazine rings is 1. The fraction of sp³-hybridized carbons (Fsp3) is 0.900. The van der Waals surface area contributed by atoms with Crippen LogP contribution in [-0.2, 0) is 9.53 Å². The number of aliphatic imine (C=N–C) groups is 1. The highest BCUT2D eigenvalue weighted by Crippen LogP contribution is 2.48. The third kappa shape index (κ3) is 5.13. The summed E-state index contributed by atoms with van der Waals surface area (Å²) in [7, 11) is 1.83. The highest BCUT2D eigenvalue weighted by molar-refractivity contribution is 5.80. The Kier molecular flexibility index (Phi) is 8.35. The molecule has 2 unspecified atom stereocenters. The Morgan fingerprint density at radius 2 is 1.85 bits per heavy atom. The van der Waals surface area contributed by atoms with Gasteiger partial charge in [0.1, 0.15) is 0 Å². The molecule has 2 atom stereocenters. The number of ether oxygens (including phenoxy) is 1. The van der Waals surface area contributed by atoms with Crippen molar-refractivity contribution in [3.8, 4) is 0 Å². The Bertz CT molecular complexity index is 499. The Hall–Kier alpha value is -1.34. The first-order valence-electron chi connectivity index (χ1n) is 10.6. The molecule has 2 aliphatic rings. The summed E-state index contributed by atoms with van der Waals surface area (Å²) >= 11 is 0. The molecule has 0 radical (unpaired) electrons. The molecular formula is C20H39N5O2. The van der Waals surface area contributed by atoms with E-state index >= 15 is 0 Å².